The van der Waals surface area contributed by atoms with Crippen molar-refractivity contribution in [2.45, 2.75) is 25.9 Å². The molecule has 0 fully saturated rings. The normalized spacial score (nSPS) is 15.3. The first-order valence-corrected chi connectivity index (χ1v) is 7.64. The van der Waals surface area contributed by atoms with E-state index in [0.717, 1.165) is 46.4 Å². The van der Waals surface area contributed by atoms with Gasteiger partial charge in [-0.25, -0.2) is 0 Å². The Hall–Kier alpha value is -1.32. The number of fused-ring (bicyclic) bond motifs is 1. The molecular weight excluding hydrogens is 316 g/mol. The fourth-order valence-corrected chi connectivity index (χ4v) is 3.15. The van der Waals surface area contributed by atoms with Crippen LogP contribution in [0.25, 0.3) is 0 Å². The van der Waals surface area contributed by atoms with Crippen molar-refractivity contribution < 1.29 is 9.84 Å². The molecule has 3 heteroatoms. The molecule has 2 aromatic carbocycles. The van der Waals surface area contributed by atoms with E-state index < -0.39 is 6.10 Å². The highest BCUT2D eigenvalue weighted by Gasteiger charge is 2.17. The van der Waals surface area contributed by atoms with Gasteiger partial charge in [-0.1, -0.05) is 28.1 Å². The zero-order valence-corrected chi connectivity index (χ0v) is 13.0. The maximum Gasteiger partial charge on any atom is 0.122 e. The molecule has 2 aromatic rings. The molecular formula is C17H17BrO2. The molecule has 1 aliphatic rings. The highest BCUT2D eigenvalue weighted by molar-refractivity contribution is 9.10. The lowest BCUT2D eigenvalue weighted by Crippen LogP contribution is -2.10. The molecule has 1 N–H and O–H groups in total. The molecule has 0 saturated heterocycles. The van der Waals surface area contributed by atoms with Crippen molar-refractivity contribution in [2.24, 2.45) is 0 Å². The molecule has 1 aliphatic heterocycles. The smallest absolute Gasteiger partial charge is 0.122 e. The number of ether oxygens (including phenoxy) is 1. The van der Waals surface area contributed by atoms with E-state index in [9.17, 15) is 5.11 Å². The second-order valence-corrected chi connectivity index (χ2v) is 6.14. The maximum atomic E-state index is 10.6. The first-order valence-electron chi connectivity index (χ1n) is 6.85. The van der Waals surface area contributed by atoms with Gasteiger partial charge in [-0.3, -0.25) is 0 Å². The Balaban J connectivity index is 1.95. The van der Waals surface area contributed by atoms with E-state index in [-0.39, 0.29) is 0 Å². The van der Waals surface area contributed by atoms with E-state index in [1.165, 1.54) is 5.56 Å². The van der Waals surface area contributed by atoms with Crippen molar-refractivity contribution in [1.29, 1.82) is 0 Å². The summed E-state index contributed by atoms with van der Waals surface area (Å²) >= 11 is 3.45. The number of hydrogen-bond donors (Lipinski definition) is 1. The molecule has 1 heterocycles. The van der Waals surface area contributed by atoms with E-state index in [0.29, 0.717) is 0 Å². The van der Waals surface area contributed by atoms with Gasteiger partial charge in [-0.15, -0.1) is 0 Å². The second kappa shape index (κ2) is 5.58. The van der Waals surface area contributed by atoms with Crippen molar-refractivity contribution in [2.75, 3.05) is 6.61 Å². The van der Waals surface area contributed by atoms with Crippen LogP contribution in [0.2, 0.25) is 0 Å². The fourth-order valence-electron chi connectivity index (χ4n) is 2.68. The lowest BCUT2D eigenvalue weighted by atomic mass is 9.94. The molecule has 0 amide bonds. The summed E-state index contributed by atoms with van der Waals surface area (Å²) in [6, 6.07) is 12.0. The minimum absolute atomic E-state index is 0.588. The van der Waals surface area contributed by atoms with E-state index >= 15 is 0 Å². The van der Waals surface area contributed by atoms with Crippen LogP contribution in [0.3, 0.4) is 0 Å². The van der Waals surface area contributed by atoms with Gasteiger partial charge in [0.05, 0.1) is 6.61 Å². The lowest BCUT2D eigenvalue weighted by molar-refractivity contribution is 0.218. The average molecular weight is 333 g/mol. The molecule has 0 aromatic heterocycles. The number of aryl methyl sites for hydroxylation is 2. The van der Waals surface area contributed by atoms with E-state index in [2.05, 4.69) is 22.0 Å². The molecule has 0 bridgehead atoms. The predicted molar refractivity (Wildman–Crippen MR) is 83.2 cm³/mol. The highest BCUT2D eigenvalue weighted by Crippen LogP contribution is 2.31. The van der Waals surface area contributed by atoms with E-state index in [4.69, 9.17) is 4.74 Å². The molecule has 1 atom stereocenters. The maximum absolute atomic E-state index is 10.6. The third-order valence-corrected chi connectivity index (χ3v) is 4.27. The van der Waals surface area contributed by atoms with Crippen LogP contribution in [0.1, 0.15) is 34.8 Å². The summed E-state index contributed by atoms with van der Waals surface area (Å²) in [4.78, 5) is 0. The molecule has 0 saturated carbocycles. The molecule has 0 aliphatic carbocycles. The van der Waals surface area contributed by atoms with Crippen LogP contribution in [0.5, 0.6) is 5.75 Å². The quantitative estimate of drug-likeness (QED) is 0.894. The van der Waals surface area contributed by atoms with Gasteiger partial charge in [0.2, 0.25) is 0 Å². The summed E-state index contributed by atoms with van der Waals surface area (Å²) in [5.74, 6) is 0.958. The molecule has 0 spiro atoms. The number of halogens is 1. The van der Waals surface area contributed by atoms with Crippen LogP contribution in [0.4, 0.5) is 0 Å². The van der Waals surface area contributed by atoms with Gasteiger partial charge in [0, 0.05) is 4.47 Å². The summed E-state index contributed by atoms with van der Waals surface area (Å²) in [7, 11) is 0. The van der Waals surface area contributed by atoms with E-state index in [1.54, 1.807) is 0 Å². The molecule has 104 valence electrons. The van der Waals surface area contributed by atoms with Gasteiger partial charge in [0.1, 0.15) is 11.9 Å². The molecule has 2 nitrogen and oxygen atoms in total. The van der Waals surface area contributed by atoms with Crippen LogP contribution in [-0.2, 0) is 6.42 Å². The standard InChI is InChI=1S/C17H17BrO2/c1-11-9-14(18)5-6-15(11)17(19)13-4-7-16-12(10-13)3-2-8-20-16/h4-7,9-10,17,19H,2-3,8H2,1H3. The van der Waals surface area contributed by atoms with Crippen molar-refractivity contribution in [3.05, 3.63) is 63.1 Å². The zero-order valence-electron chi connectivity index (χ0n) is 11.4. The van der Waals surface area contributed by atoms with Gasteiger partial charge < -0.3 is 9.84 Å². The van der Waals surface area contributed by atoms with E-state index in [1.807, 2.05) is 37.3 Å². The summed E-state index contributed by atoms with van der Waals surface area (Å²) < 4.78 is 6.65. The minimum Gasteiger partial charge on any atom is -0.493 e. The zero-order chi connectivity index (χ0) is 14.1. The van der Waals surface area contributed by atoms with Crippen molar-refractivity contribution in [3.63, 3.8) is 0 Å². The van der Waals surface area contributed by atoms with Crippen LogP contribution < -0.4 is 4.74 Å². The Morgan fingerprint density at radius 3 is 2.85 bits per heavy atom. The second-order valence-electron chi connectivity index (χ2n) is 5.22. The Bertz CT molecular complexity index is 637. The number of rotatable bonds is 2. The van der Waals surface area contributed by atoms with Gasteiger partial charge in [-0.05, 0) is 66.3 Å². The minimum atomic E-state index is -0.588. The molecule has 0 radical (unpaired) electrons. The summed E-state index contributed by atoms with van der Waals surface area (Å²) in [5, 5.41) is 10.6. The molecule has 20 heavy (non-hydrogen) atoms. The van der Waals surface area contributed by atoms with Gasteiger partial charge in [0.15, 0.2) is 0 Å². The summed E-state index contributed by atoms with van der Waals surface area (Å²) in [6.07, 6.45) is 1.48. The SMILES string of the molecule is Cc1cc(Br)ccc1C(O)c1ccc2c(c1)CCCO2. The Labute approximate surface area is 127 Å². The predicted octanol–water partition coefficient (Wildman–Crippen LogP) is 4.16. The topological polar surface area (TPSA) is 29.5 Å². The third-order valence-electron chi connectivity index (χ3n) is 3.77. The summed E-state index contributed by atoms with van der Waals surface area (Å²) in [5.41, 5.74) is 4.16. The monoisotopic (exact) mass is 332 g/mol. The van der Waals surface area contributed by atoms with Gasteiger partial charge in [0.25, 0.3) is 0 Å². The van der Waals surface area contributed by atoms with Gasteiger partial charge in [-0.2, -0.15) is 0 Å². The number of hydrogen-bond acceptors (Lipinski definition) is 2. The Morgan fingerprint density at radius 1 is 1.20 bits per heavy atom. The summed E-state index contributed by atoms with van der Waals surface area (Å²) in [6.45, 7) is 2.81. The largest absolute Gasteiger partial charge is 0.493 e. The number of aliphatic hydroxyl groups excluding tert-OH is 1. The Morgan fingerprint density at radius 2 is 2.05 bits per heavy atom. The van der Waals surface area contributed by atoms with Crippen molar-refractivity contribution >= 4 is 15.9 Å². The van der Waals surface area contributed by atoms with Crippen LogP contribution in [0.15, 0.2) is 40.9 Å². The number of benzene rings is 2. The van der Waals surface area contributed by atoms with Crippen LogP contribution in [0, 0.1) is 6.92 Å². The number of aliphatic hydroxyl groups is 1. The fraction of sp³-hybridized carbons (Fsp3) is 0.294. The first kappa shape index (κ1) is 13.7. The average Bonchev–Trinajstić information content (AvgIpc) is 2.46. The van der Waals surface area contributed by atoms with Crippen molar-refractivity contribution in [3.8, 4) is 5.75 Å². The van der Waals surface area contributed by atoms with Crippen LogP contribution >= 0.6 is 15.9 Å². The van der Waals surface area contributed by atoms with Crippen LogP contribution in [-0.4, -0.2) is 11.7 Å². The van der Waals surface area contributed by atoms with Gasteiger partial charge >= 0.3 is 0 Å². The first-order chi connectivity index (χ1) is 9.65. The lowest BCUT2D eigenvalue weighted by Gasteiger charge is -2.20. The third kappa shape index (κ3) is 2.60. The molecule has 1 unspecified atom stereocenters. The highest BCUT2D eigenvalue weighted by atomic mass is 79.9. The Kier molecular flexibility index (Phi) is 3.81. The molecule has 3 rings (SSSR count). The van der Waals surface area contributed by atoms with Crippen molar-refractivity contribution in [1.82, 2.24) is 0 Å².